The molecule has 5 nitrogen and oxygen atoms in total. The number of unbranched alkanes of at least 4 members (excludes halogenated alkanes) is 1. The van der Waals surface area contributed by atoms with Crippen molar-refractivity contribution in [1.29, 1.82) is 0 Å². The fourth-order valence-electron chi connectivity index (χ4n) is 2.17. The number of benzene rings is 1. The van der Waals surface area contributed by atoms with Crippen LogP contribution >= 0.6 is 24.0 Å². The molecular weight excluding hydrogens is 415 g/mol. The van der Waals surface area contributed by atoms with Crippen molar-refractivity contribution < 1.29 is 4.79 Å². The Balaban J connectivity index is 0.00000529. The Kier molecular flexibility index (Phi) is 12.3. The first kappa shape index (κ1) is 22.7. The Morgan fingerprint density at radius 1 is 1.17 bits per heavy atom. The van der Waals surface area contributed by atoms with Crippen LogP contribution in [-0.2, 0) is 6.54 Å². The fourth-order valence-corrected chi connectivity index (χ4v) is 2.17. The summed E-state index contributed by atoms with van der Waals surface area (Å²) in [4.78, 5) is 15.6. The molecule has 6 heteroatoms. The first-order valence-corrected chi connectivity index (χ1v) is 8.43. The van der Waals surface area contributed by atoms with E-state index in [0.29, 0.717) is 12.1 Å². The molecule has 0 spiro atoms. The molecule has 1 aromatic carbocycles. The number of nitrogens with one attached hydrogen (secondary N) is 2. The van der Waals surface area contributed by atoms with E-state index >= 15 is 0 Å². The summed E-state index contributed by atoms with van der Waals surface area (Å²) in [5.74, 6) is 1.19. The Morgan fingerprint density at radius 2 is 1.83 bits per heavy atom. The van der Waals surface area contributed by atoms with E-state index in [1.54, 1.807) is 12.1 Å². The second-order valence-electron chi connectivity index (χ2n) is 6.07. The van der Waals surface area contributed by atoms with Crippen LogP contribution in [0.4, 0.5) is 0 Å². The van der Waals surface area contributed by atoms with Gasteiger partial charge in [0.1, 0.15) is 0 Å². The van der Waals surface area contributed by atoms with Gasteiger partial charge in [0.05, 0.1) is 6.54 Å². The molecule has 0 bridgehead atoms. The summed E-state index contributed by atoms with van der Waals surface area (Å²) in [7, 11) is 0. The third-order valence-electron chi connectivity index (χ3n) is 3.50. The maximum atomic E-state index is 11.1. The van der Waals surface area contributed by atoms with Crippen LogP contribution in [0.25, 0.3) is 0 Å². The molecule has 0 radical (unpaired) electrons. The average molecular weight is 446 g/mol. The van der Waals surface area contributed by atoms with Crippen LogP contribution in [0.2, 0.25) is 0 Å². The number of carbonyl (C=O) groups is 1. The molecule has 1 rings (SSSR count). The van der Waals surface area contributed by atoms with Gasteiger partial charge in [-0.25, -0.2) is 4.99 Å². The van der Waals surface area contributed by atoms with Crippen molar-refractivity contribution in [2.45, 2.75) is 46.6 Å². The lowest BCUT2D eigenvalue weighted by atomic mass is 10.1. The van der Waals surface area contributed by atoms with Crippen molar-refractivity contribution in [3.05, 3.63) is 35.4 Å². The Morgan fingerprint density at radius 3 is 2.38 bits per heavy atom. The SMILES string of the molecule is CCNC(=NCc1ccc(C(N)=O)cc1)NCCCCC(C)C.I. The molecule has 24 heavy (non-hydrogen) atoms. The molecule has 0 aromatic heterocycles. The highest BCUT2D eigenvalue weighted by atomic mass is 127. The van der Waals surface area contributed by atoms with E-state index in [4.69, 9.17) is 5.73 Å². The van der Waals surface area contributed by atoms with Gasteiger partial charge in [0, 0.05) is 18.7 Å². The smallest absolute Gasteiger partial charge is 0.248 e. The highest BCUT2D eigenvalue weighted by molar-refractivity contribution is 14.0. The summed E-state index contributed by atoms with van der Waals surface area (Å²) in [6, 6.07) is 7.24. The number of carbonyl (C=O) groups excluding carboxylic acids is 1. The molecule has 4 N–H and O–H groups in total. The topological polar surface area (TPSA) is 79.5 Å². The van der Waals surface area contributed by atoms with E-state index in [1.165, 1.54) is 12.8 Å². The molecule has 0 atom stereocenters. The number of nitrogens with zero attached hydrogens (tertiary/aromatic N) is 1. The van der Waals surface area contributed by atoms with Crippen molar-refractivity contribution in [2.24, 2.45) is 16.6 Å². The van der Waals surface area contributed by atoms with Gasteiger partial charge in [-0.15, -0.1) is 24.0 Å². The number of halogens is 1. The minimum absolute atomic E-state index is 0. The van der Waals surface area contributed by atoms with Crippen LogP contribution < -0.4 is 16.4 Å². The molecule has 136 valence electrons. The number of hydrogen-bond donors (Lipinski definition) is 3. The van der Waals surface area contributed by atoms with Crippen LogP contribution in [0.15, 0.2) is 29.3 Å². The van der Waals surface area contributed by atoms with Gasteiger partial charge in [-0.2, -0.15) is 0 Å². The minimum atomic E-state index is -0.406. The van der Waals surface area contributed by atoms with E-state index in [2.05, 4.69) is 36.4 Å². The van der Waals surface area contributed by atoms with Gasteiger partial charge < -0.3 is 16.4 Å². The predicted molar refractivity (Wildman–Crippen MR) is 112 cm³/mol. The van der Waals surface area contributed by atoms with Gasteiger partial charge >= 0.3 is 0 Å². The quantitative estimate of drug-likeness (QED) is 0.236. The third kappa shape index (κ3) is 9.75. The Labute approximate surface area is 162 Å². The van der Waals surface area contributed by atoms with Crippen LogP contribution in [-0.4, -0.2) is 25.0 Å². The number of primary amides is 1. The lowest BCUT2D eigenvalue weighted by molar-refractivity contribution is 0.100. The van der Waals surface area contributed by atoms with Crippen molar-refractivity contribution in [3.8, 4) is 0 Å². The predicted octanol–water partition coefficient (Wildman–Crippen LogP) is 3.28. The van der Waals surface area contributed by atoms with E-state index in [9.17, 15) is 4.79 Å². The van der Waals surface area contributed by atoms with Crippen LogP contribution in [0.1, 0.15) is 56.0 Å². The van der Waals surface area contributed by atoms with Gasteiger partial charge in [-0.3, -0.25) is 4.79 Å². The van der Waals surface area contributed by atoms with Crippen molar-refractivity contribution in [1.82, 2.24) is 10.6 Å². The van der Waals surface area contributed by atoms with Gasteiger partial charge in [-0.1, -0.05) is 38.8 Å². The normalized spacial score (nSPS) is 11.1. The number of guanidine groups is 1. The number of aliphatic imine (C=N–C) groups is 1. The summed E-state index contributed by atoms with van der Waals surface area (Å²) < 4.78 is 0. The van der Waals surface area contributed by atoms with Crippen LogP contribution in [0.5, 0.6) is 0 Å². The zero-order chi connectivity index (χ0) is 17.1. The molecule has 0 fully saturated rings. The van der Waals surface area contributed by atoms with E-state index in [-0.39, 0.29) is 24.0 Å². The van der Waals surface area contributed by atoms with Gasteiger partial charge in [0.2, 0.25) is 5.91 Å². The summed E-state index contributed by atoms with van der Waals surface area (Å²) in [5, 5.41) is 6.61. The van der Waals surface area contributed by atoms with Crippen LogP contribution in [0, 0.1) is 5.92 Å². The molecule has 0 aliphatic carbocycles. The summed E-state index contributed by atoms with van der Waals surface area (Å²) >= 11 is 0. The maximum absolute atomic E-state index is 11.1. The zero-order valence-electron chi connectivity index (χ0n) is 15.0. The van der Waals surface area contributed by atoms with Crippen molar-refractivity contribution in [2.75, 3.05) is 13.1 Å². The molecule has 1 aromatic rings. The second kappa shape index (κ2) is 13.0. The number of nitrogens with two attached hydrogens (primary N) is 1. The summed E-state index contributed by atoms with van der Waals surface area (Å²) in [5.41, 5.74) is 6.81. The lowest BCUT2D eigenvalue weighted by Crippen LogP contribution is -2.37. The first-order chi connectivity index (χ1) is 11.0. The largest absolute Gasteiger partial charge is 0.366 e. The Hall–Kier alpha value is -1.31. The molecule has 1 amide bonds. The standard InChI is InChI=1S/C18H30N4O.HI/c1-4-20-18(21-12-6-5-7-14(2)3)22-13-15-8-10-16(11-9-15)17(19)23;/h8-11,14H,4-7,12-13H2,1-3H3,(H2,19,23)(H2,20,21,22);1H. The zero-order valence-corrected chi connectivity index (χ0v) is 17.3. The van der Waals surface area contributed by atoms with Gasteiger partial charge in [0.25, 0.3) is 0 Å². The Bertz CT molecular complexity index is 500. The van der Waals surface area contributed by atoms with Crippen molar-refractivity contribution >= 4 is 35.8 Å². The van der Waals surface area contributed by atoms with E-state index < -0.39 is 5.91 Å². The van der Waals surface area contributed by atoms with Gasteiger partial charge in [-0.05, 0) is 37.0 Å². The second-order valence-corrected chi connectivity index (χ2v) is 6.07. The van der Waals surface area contributed by atoms with E-state index in [1.807, 2.05) is 12.1 Å². The summed E-state index contributed by atoms with van der Waals surface area (Å²) in [6.07, 6.45) is 3.65. The monoisotopic (exact) mass is 446 g/mol. The number of rotatable bonds is 9. The van der Waals surface area contributed by atoms with Gasteiger partial charge in [0.15, 0.2) is 5.96 Å². The molecular formula is C18H31IN4O. The maximum Gasteiger partial charge on any atom is 0.248 e. The average Bonchev–Trinajstić information content (AvgIpc) is 2.52. The lowest BCUT2D eigenvalue weighted by Gasteiger charge is -2.11. The molecule has 0 saturated heterocycles. The molecule has 0 aliphatic heterocycles. The summed E-state index contributed by atoms with van der Waals surface area (Å²) in [6.45, 7) is 8.89. The molecule has 0 heterocycles. The fraction of sp³-hybridized carbons (Fsp3) is 0.556. The first-order valence-electron chi connectivity index (χ1n) is 8.43. The van der Waals surface area contributed by atoms with Crippen molar-refractivity contribution in [3.63, 3.8) is 0 Å². The third-order valence-corrected chi connectivity index (χ3v) is 3.50. The molecule has 0 saturated carbocycles. The molecule has 0 aliphatic rings. The molecule has 0 unspecified atom stereocenters. The van der Waals surface area contributed by atoms with Crippen LogP contribution in [0.3, 0.4) is 0 Å². The highest BCUT2D eigenvalue weighted by Gasteiger charge is 2.01. The highest BCUT2D eigenvalue weighted by Crippen LogP contribution is 2.06. The number of amides is 1. The minimum Gasteiger partial charge on any atom is -0.366 e. The van der Waals surface area contributed by atoms with E-state index in [0.717, 1.165) is 37.0 Å². The number of hydrogen-bond acceptors (Lipinski definition) is 2.